The molecule has 0 radical (unpaired) electrons. The summed E-state index contributed by atoms with van der Waals surface area (Å²) in [5, 5.41) is 14.8. The second-order valence-electron chi connectivity index (χ2n) is 6.03. The predicted molar refractivity (Wildman–Crippen MR) is 97.6 cm³/mol. The lowest BCUT2D eigenvalue weighted by Crippen LogP contribution is -2.30. The first-order chi connectivity index (χ1) is 12.5. The van der Waals surface area contributed by atoms with Crippen LogP contribution in [0.2, 0.25) is 0 Å². The lowest BCUT2D eigenvalue weighted by molar-refractivity contribution is -0.159. The van der Waals surface area contributed by atoms with Gasteiger partial charge in [0.15, 0.2) is 5.69 Å². The summed E-state index contributed by atoms with van der Waals surface area (Å²) >= 11 is 0. The maximum Gasteiger partial charge on any atom is 0.414 e. The molecule has 1 aliphatic rings. The van der Waals surface area contributed by atoms with E-state index in [4.69, 9.17) is 31.1 Å². The Kier molecular flexibility index (Phi) is 10.5. The van der Waals surface area contributed by atoms with Crippen LogP contribution in [0.1, 0.15) is 38.5 Å². The number of ether oxygens (including phenoxy) is 1. The largest absolute Gasteiger partial charge is 0.494 e. The van der Waals surface area contributed by atoms with Crippen LogP contribution in [0.4, 0.5) is 5.69 Å². The molecule has 0 saturated carbocycles. The molecule has 0 bridgehead atoms. The molecule has 0 unspecified atom stereocenters. The number of nitrogens with zero attached hydrogens (tertiary/aromatic N) is 2. The second-order valence-corrected chi connectivity index (χ2v) is 6.03. The summed E-state index contributed by atoms with van der Waals surface area (Å²) in [6.07, 6.45) is 7.79. The van der Waals surface area contributed by atoms with Gasteiger partial charge in [-0.2, -0.15) is 0 Å². The van der Waals surface area contributed by atoms with E-state index < -0.39 is 11.9 Å². The van der Waals surface area contributed by atoms with Crippen LogP contribution in [-0.2, 0) is 9.59 Å². The summed E-state index contributed by atoms with van der Waals surface area (Å²) in [6, 6.07) is 7.36. The number of aliphatic carboxylic acids is 2. The zero-order valence-corrected chi connectivity index (χ0v) is 14.9. The number of hydrogen-bond acceptors (Lipinski definition) is 4. The Morgan fingerprint density at radius 1 is 1.00 bits per heavy atom. The highest BCUT2D eigenvalue weighted by molar-refractivity contribution is 6.27. The number of benzene rings is 1. The minimum Gasteiger partial charge on any atom is -0.494 e. The molecule has 142 valence electrons. The van der Waals surface area contributed by atoms with Crippen molar-refractivity contribution in [1.29, 1.82) is 0 Å². The van der Waals surface area contributed by atoms with E-state index in [1.807, 2.05) is 12.1 Å². The van der Waals surface area contributed by atoms with Crippen LogP contribution in [0, 0.1) is 6.57 Å². The normalized spacial score (nSPS) is 13.8. The Bertz CT molecular complexity index is 577. The van der Waals surface area contributed by atoms with Gasteiger partial charge in [0.1, 0.15) is 5.75 Å². The predicted octanol–water partition coefficient (Wildman–Crippen LogP) is 3.43. The van der Waals surface area contributed by atoms with Crippen molar-refractivity contribution in [2.24, 2.45) is 0 Å². The van der Waals surface area contributed by atoms with Gasteiger partial charge in [-0.1, -0.05) is 18.6 Å². The van der Waals surface area contributed by atoms with Crippen LogP contribution < -0.4 is 4.74 Å². The van der Waals surface area contributed by atoms with E-state index in [1.54, 1.807) is 12.1 Å². The monoisotopic (exact) mass is 362 g/mol. The first-order valence-corrected chi connectivity index (χ1v) is 8.82. The van der Waals surface area contributed by atoms with Crippen molar-refractivity contribution in [2.45, 2.75) is 38.5 Å². The van der Waals surface area contributed by atoms with Crippen molar-refractivity contribution < 1.29 is 24.5 Å². The molecule has 2 rings (SSSR count). The Hall–Kier alpha value is -2.59. The molecule has 0 spiro atoms. The van der Waals surface area contributed by atoms with E-state index in [-0.39, 0.29) is 0 Å². The average Bonchev–Trinajstić information content (AvgIpc) is 2.66. The zero-order valence-electron chi connectivity index (χ0n) is 14.9. The Labute approximate surface area is 154 Å². The number of piperidine rings is 1. The van der Waals surface area contributed by atoms with Crippen LogP contribution in [0.25, 0.3) is 4.85 Å². The van der Waals surface area contributed by atoms with Crippen LogP contribution in [0.15, 0.2) is 24.3 Å². The summed E-state index contributed by atoms with van der Waals surface area (Å²) < 4.78 is 5.68. The van der Waals surface area contributed by atoms with Crippen molar-refractivity contribution in [1.82, 2.24) is 4.90 Å². The van der Waals surface area contributed by atoms with E-state index in [2.05, 4.69) is 9.74 Å². The van der Waals surface area contributed by atoms with Gasteiger partial charge in [-0.05, 0) is 63.9 Å². The third kappa shape index (κ3) is 9.64. The highest BCUT2D eigenvalue weighted by Crippen LogP contribution is 2.18. The van der Waals surface area contributed by atoms with E-state index >= 15 is 0 Å². The quantitative estimate of drug-likeness (QED) is 0.439. The standard InChI is InChI=1S/C17H24N2O.C2H2O4/c1-18-16-8-10-17(11-9-16)20-15-7-3-6-14-19-12-4-2-5-13-19;3-1(4)2(5)6/h8-11H,2-7,12-15H2;(H,3,4)(H,5,6). The van der Waals surface area contributed by atoms with Crippen LogP contribution in [-0.4, -0.2) is 53.3 Å². The van der Waals surface area contributed by atoms with Gasteiger partial charge < -0.3 is 19.8 Å². The first-order valence-electron chi connectivity index (χ1n) is 8.82. The smallest absolute Gasteiger partial charge is 0.414 e. The van der Waals surface area contributed by atoms with Crippen molar-refractivity contribution in [3.8, 4) is 5.75 Å². The summed E-state index contributed by atoms with van der Waals surface area (Å²) in [7, 11) is 0. The molecular weight excluding hydrogens is 336 g/mol. The summed E-state index contributed by atoms with van der Waals surface area (Å²) in [5.74, 6) is -2.78. The fraction of sp³-hybridized carbons (Fsp3) is 0.526. The first kappa shape index (κ1) is 21.5. The van der Waals surface area contributed by atoms with Crippen molar-refractivity contribution in [3.63, 3.8) is 0 Å². The van der Waals surface area contributed by atoms with Crippen molar-refractivity contribution in [3.05, 3.63) is 35.7 Å². The molecule has 7 nitrogen and oxygen atoms in total. The van der Waals surface area contributed by atoms with Gasteiger partial charge in [-0.25, -0.2) is 14.4 Å². The molecule has 1 fully saturated rings. The number of hydrogen-bond donors (Lipinski definition) is 2. The minimum absolute atomic E-state index is 0.666. The average molecular weight is 362 g/mol. The van der Waals surface area contributed by atoms with E-state index in [1.165, 1.54) is 51.7 Å². The highest BCUT2D eigenvalue weighted by atomic mass is 16.5. The van der Waals surface area contributed by atoms with Gasteiger partial charge >= 0.3 is 11.9 Å². The second kappa shape index (κ2) is 12.7. The highest BCUT2D eigenvalue weighted by Gasteiger charge is 2.08. The maximum absolute atomic E-state index is 9.10. The number of rotatable bonds is 7. The molecular formula is C19H26N2O5. The number of carbonyl (C=O) groups is 2. The van der Waals surface area contributed by atoms with E-state index in [0.29, 0.717) is 5.69 Å². The molecule has 1 heterocycles. The molecule has 26 heavy (non-hydrogen) atoms. The van der Waals surface area contributed by atoms with Gasteiger partial charge in [0.2, 0.25) is 0 Å². The van der Waals surface area contributed by atoms with Crippen molar-refractivity contribution >= 4 is 17.6 Å². The molecule has 2 N–H and O–H groups in total. The molecule has 0 amide bonds. The molecule has 1 aromatic rings. The number of likely N-dealkylation sites (tertiary alicyclic amines) is 1. The van der Waals surface area contributed by atoms with Crippen LogP contribution in [0.5, 0.6) is 5.75 Å². The van der Waals surface area contributed by atoms with Crippen LogP contribution in [0.3, 0.4) is 0 Å². The van der Waals surface area contributed by atoms with Gasteiger partial charge in [0, 0.05) is 0 Å². The molecule has 0 aliphatic carbocycles. The third-order valence-electron chi connectivity index (χ3n) is 3.98. The SMILES string of the molecule is O=C(O)C(=O)O.[C-]#[N+]c1ccc(OCCCCCN2CCCCC2)cc1. The zero-order chi connectivity index (χ0) is 19.2. The minimum atomic E-state index is -1.82. The topological polar surface area (TPSA) is 91.4 Å². The summed E-state index contributed by atoms with van der Waals surface area (Å²) in [5.41, 5.74) is 0.666. The third-order valence-corrected chi connectivity index (χ3v) is 3.98. The lowest BCUT2D eigenvalue weighted by atomic mass is 10.1. The molecule has 1 saturated heterocycles. The van der Waals surface area contributed by atoms with E-state index in [9.17, 15) is 0 Å². The Balaban J connectivity index is 0.000000487. The molecule has 0 aromatic heterocycles. The summed E-state index contributed by atoms with van der Waals surface area (Å²) in [6.45, 7) is 11.5. The van der Waals surface area contributed by atoms with Crippen LogP contribution >= 0.6 is 0 Å². The Morgan fingerprint density at radius 3 is 2.15 bits per heavy atom. The lowest BCUT2D eigenvalue weighted by Gasteiger charge is -2.26. The van der Waals surface area contributed by atoms with Gasteiger partial charge in [-0.15, -0.1) is 0 Å². The Morgan fingerprint density at radius 2 is 1.62 bits per heavy atom. The molecule has 1 aromatic carbocycles. The van der Waals surface area contributed by atoms with Crippen molar-refractivity contribution in [2.75, 3.05) is 26.2 Å². The molecule has 7 heteroatoms. The number of unbranched alkanes of at least 4 members (excludes halogenated alkanes) is 2. The fourth-order valence-corrected chi connectivity index (χ4v) is 2.60. The fourth-order valence-electron chi connectivity index (χ4n) is 2.60. The number of carboxylic acids is 2. The van der Waals surface area contributed by atoms with Gasteiger partial charge in [0.05, 0.1) is 13.2 Å². The summed E-state index contributed by atoms with van der Waals surface area (Å²) in [4.78, 5) is 24.2. The molecule has 0 atom stereocenters. The van der Waals surface area contributed by atoms with Gasteiger partial charge in [0.25, 0.3) is 0 Å². The molecule has 1 aliphatic heterocycles. The van der Waals surface area contributed by atoms with E-state index in [0.717, 1.165) is 18.8 Å². The maximum atomic E-state index is 9.10. The van der Waals surface area contributed by atoms with Gasteiger partial charge in [-0.3, -0.25) is 0 Å². The number of carboxylic acid groups (broad SMARTS) is 2.